The molecule has 114 valence electrons. The smallest absolute Gasteiger partial charge is 0.325 e. The van der Waals surface area contributed by atoms with E-state index in [1.807, 2.05) is 13.8 Å². The molecule has 0 radical (unpaired) electrons. The predicted octanol–water partition coefficient (Wildman–Crippen LogP) is 1.35. The topological polar surface area (TPSA) is 67.9 Å². The fourth-order valence-electron chi connectivity index (χ4n) is 3.51. The zero-order chi connectivity index (χ0) is 14.9. The zero-order valence-electron chi connectivity index (χ0n) is 12.6. The molecule has 2 fully saturated rings. The Hall–Kier alpha value is -1.14. The summed E-state index contributed by atoms with van der Waals surface area (Å²) in [6, 6.07) is -0.338. The lowest BCUT2D eigenvalue weighted by atomic mass is 9.67. The van der Waals surface area contributed by atoms with Crippen LogP contribution in [0.2, 0.25) is 0 Å². The molecule has 0 bridgehead atoms. The first kappa shape index (κ1) is 15.3. The Balaban J connectivity index is 2.23. The molecule has 1 saturated heterocycles. The molecule has 3 amide bonds. The van der Waals surface area contributed by atoms with E-state index >= 15 is 0 Å². The molecule has 20 heavy (non-hydrogen) atoms. The van der Waals surface area contributed by atoms with Gasteiger partial charge in [-0.1, -0.05) is 20.3 Å². The van der Waals surface area contributed by atoms with Crippen LogP contribution in [-0.2, 0) is 14.3 Å². The van der Waals surface area contributed by atoms with Gasteiger partial charge in [0.05, 0.1) is 6.54 Å². The fourth-order valence-corrected chi connectivity index (χ4v) is 3.51. The predicted molar refractivity (Wildman–Crippen MR) is 73.0 cm³/mol. The van der Waals surface area contributed by atoms with Crippen molar-refractivity contribution >= 4 is 11.9 Å². The van der Waals surface area contributed by atoms with Gasteiger partial charge in [0.2, 0.25) is 0 Å². The van der Waals surface area contributed by atoms with Gasteiger partial charge in [0.15, 0.2) is 6.29 Å². The minimum atomic E-state index is -0.749. The number of rotatable bonds is 4. The molecule has 2 aliphatic rings. The number of hydrogen-bond acceptors (Lipinski definition) is 4. The molecule has 1 N–H and O–H groups in total. The number of ether oxygens (including phenoxy) is 2. The molecule has 6 nitrogen and oxygen atoms in total. The average molecular weight is 284 g/mol. The minimum Gasteiger partial charge on any atom is -0.354 e. The average Bonchev–Trinajstić information content (AvgIpc) is 2.67. The van der Waals surface area contributed by atoms with E-state index in [9.17, 15) is 9.59 Å². The quantitative estimate of drug-likeness (QED) is 0.625. The van der Waals surface area contributed by atoms with Gasteiger partial charge in [-0.15, -0.1) is 0 Å². The standard InChI is InChI=1S/C14H24N2O4/c1-9-6-5-7-10(2)14(9)12(17)16(13(18)15-14)8-11(19-3)20-4/h9-11H,5-8H2,1-4H3,(H,15,18). The highest BCUT2D eigenvalue weighted by Gasteiger charge is 2.58. The molecule has 0 aromatic carbocycles. The number of nitrogens with one attached hydrogen (secondary N) is 1. The lowest BCUT2D eigenvalue weighted by molar-refractivity contribution is -0.145. The maximum Gasteiger partial charge on any atom is 0.325 e. The zero-order valence-corrected chi connectivity index (χ0v) is 12.6. The summed E-state index contributed by atoms with van der Waals surface area (Å²) in [6.45, 7) is 4.21. The molecule has 2 atom stereocenters. The van der Waals surface area contributed by atoms with Crippen molar-refractivity contribution < 1.29 is 19.1 Å². The van der Waals surface area contributed by atoms with E-state index in [-0.39, 0.29) is 30.3 Å². The molecule has 1 aliphatic heterocycles. The number of carbonyl (C=O) groups is 2. The van der Waals surface area contributed by atoms with Crippen molar-refractivity contribution in [1.29, 1.82) is 0 Å². The van der Waals surface area contributed by atoms with Crippen LogP contribution in [0.1, 0.15) is 33.1 Å². The maximum atomic E-state index is 12.8. The summed E-state index contributed by atoms with van der Waals surface area (Å²) in [4.78, 5) is 26.2. The third-order valence-corrected chi connectivity index (χ3v) is 4.84. The van der Waals surface area contributed by atoms with Crippen LogP contribution in [0.5, 0.6) is 0 Å². The summed E-state index contributed by atoms with van der Waals surface area (Å²) in [5.74, 6) is 0.161. The molecule has 6 heteroatoms. The summed E-state index contributed by atoms with van der Waals surface area (Å²) in [5, 5.41) is 2.95. The van der Waals surface area contributed by atoms with Crippen molar-refractivity contribution in [2.75, 3.05) is 20.8 Å². The molecule has 0 aromatic heterocycles. The number of nitrogens with zero attached hydrogens (tertiary/aromatic N) is 1. The number of hydrogen-bond donors (Lipinski definition) is 1. The van der Waals surface area contributed by atoms with Crippen LogP contribution in [0.4, 0.5) is 4.79 Å². The number of urea groups is 1. The van der Waals surface area contributed by atoms with Crippen molar-refractivity contribution in [2.45, 2.75) is 44.9 Å². The molecule has 0 aromatic rings. The Morgan fingerprint density at radius 1 is 1.25 bits per heavy atom. The SMILES string of the molecule is COC(CN1C(=O)NC2(C1=O)C(C)CCCC2C)OC. The van der Waals surface area contributed by atoms with Crippen molar-refractivity contribution in [3.8, 4) is 0 Å². The molecule has 1 saturated carbocycles. The Kier molecular flexibility index (Phi) is 4.34. The highest BCUT2D eigenvalue weighted by Crippen LogP contribution is 2.42. The van der Waals surface area contributed by atoms with Crippen LogP contribution in [0.15, 0.2) is 0 Å². The van der Waals surface area contributed by atoms with Crippen LogP contribution in [-0.4, -0.2) is 49.4 Å². The highest BCUT2D eigenvalue weighted by atomic mass is 16.7. The van der Waals surface area contributed by atoms with Gasteiger partial charge < -0.3 is 14.8 Å². The lowest BCUT2D eigenvalue weighted by Gasteiger charge is -2.42. The molecule has 1 heterocycles. The normalized spacial score (nSPS) is 34.1. The van der Waals surface area contributed by atoms with Crippen LogP contribution in [0.25, 0.3) is 0 Å². The summed E-state index contributed by atoms with van der Waals surface area (Å²) in [7, 11) is 2.99. The first-order valence-corrected chi connectivity index (χ1v) is 7.17. The van der Waals surface area contributed by atoms with Crippen LogP contribution in [0, 0.1) is 11.8 Å². The number of methoxy groups -OCH3 is 2. The van der Waals surface area contributed by atoms with Crippen molar-refractivity contribution in [3.05, 3.63) is 0 Å². The van der Waals surface area contributed by atoms with Gasteiger partial charge >= 0.3 is 6.03 Å². The van der Waals surface area contributed by atoms with Gasteiger partial charge in [-0.25, -0.2) is 4.79 Å². The summed E-state index contributed by atoms with van der Waals surface area (Å²) in [5.41, 5.74) is -0.749. The molecule has 1 aliphatic carbocycles. The van der Waals surface area contributed by atoms with Gasteiger partial charge in [-0.05, 0) is 24.7 Å². The van der Waals surface area contributed by atoms with E-state index in [2.05, 4.69) is 5.32 Å². The number of imide groups is 1. The third kappa shape index (κ3) is 2.20. The molecule has 2 unspecified atom stereocenters. The third-order valence-electron chi connectivity index (χ3n) is 4.84. The highest BCUT2D eigenvalue weighted by molar-refractivity contribution is 6.07. The van der Waals surface area contributed by atoms with E-state index in [1.54, 1.807) is 0 Å². The van der Waals surface area contributed by atoms with Crippen molar-refractivity contribution in [1.82, 2.24) is 10.2 Å². The van der Waals surface area contributed by atoms with Gasteiger partial charge in [0.25, 0.3) is 5.91 Å². The van der Waals surface area contributed by atoms with Gasteiger partial charge in [0.1, 0.15) is 5.54 Å². The molecular formula is C14H24N2O4. The first-order valence-electron chi connectivity index (χ1n) is 7.17. The minimum absolute atomic E-state index is 0.124. The molecule has 2 rings (SSSR count). The Bertz CT molecular complexity index is 385. The second kappa shape index (κ2) is 5.69. The number of amides is 3. The van der Waals surface area contributed by atoms with E-state index in [0.717, 1.165) is 19.3 Å². The largest absolute Gasteiger partial charge is 0.354 e. The Morgan fingerprint density at radius 3 is 2.30 bits per heavy atom. The second-order valence-electron chi connectivity index (χ2n) is 5.85. The maximum absolute atomic E-state index is 12.8. The van der Waals surface area contributed by atoms with Crippen LogP contribution in [0.3, 0.4) is 0 Å². The Morgan fingerprint density at radius 2 is 1.80 bits per heavy atom. The van der Waals surface area contributed by atoms with Gasteiger partial charge in [-0.2, -0.15) is 0 Å². The second-order valence-corrected chi connectivity index (χ2v) is 5.85. The van der Waals surface area contributed by atoms with Gasteiger partial charge in [0, 0.05) is 14.2 Å². The number of carbonyl (C=O) groups excluding carboxylic acids is 2. The lowest BCUT2D eigenvalue weighted by Crippen LogP contribution is -2.59. The van der Waals surface area contributed by atoms with Crippen molar-refractivity contribution in [3.63, 3.8) is 0 Å². The van der Waals surface area contributed by atoms with E-state index < -0.39 is 11.8 Å². The van der Waals surface area contributed by atoms with Crippen LogP contribution < -0.4 is 5.32 Å². The summed E-state index contributed by atoms with van der Waals surface area (Å²) in [6.07, 6.45) is 2.44. The summed E-state index contributed by atoms with van der Waals surface area (Å²) >= 11 is 0. The van der Waals surface area contributed by atoms with E-state index in [4.69, 9.17) is 9.47 Å². The summed E-state index contributed by atoms with van der Waals surface area (Å²) < 4.78 is 10.2. The fraction of sp³-hybridized carbons (Fsp3) is 0.857. The van der Waals surface area contributed by atoms with E-state index in [1.165, 1.54) is 19.1 Å². The van der Waals surface area contributed by atoms with Gasteiger partial charge in [-0.3, -0.25) is 9.69 Å². The monoisotopic (exact) mass is 284 g/mol. The molecule has 1 spiro atoms. The first-order chi connectivity index (χ1) is 9.47. The van der Waals surface area contributed by atoms with Crippen LogP contribution >= 0.6 is 0 Å². The van der Waals surface area contributed by atoms with Crippen molar-refractivity contribution in [2.24, 2.45) is 11.8 Å². The Labute approximate surface area is 119 Å². The molecular weight excluding hydrogens is 260 g/mol. The van der Waals surface area contributed by atoms with E-state index in [0.29, 0.717) is 0 Å².